The van der Waals surface area contributed by atoms with Crippen LogP contribution in [0.4, 0.5) is 17.3 Å². The second-order valence-corrected chi connectivity index (χ2v) is 3.41. The number of azo groups is 1. The summed E-state index contributed by atoms with van der Waals surface area (Å²) in [7, 11) is 0. The molecule has 0 saturated carbocycles. The van der Waals surface area contributed by atoms with Crippen LogP contribution in [-0.4, -0.2) is 9.97 Å². The van der Waals surface area contributed by atoms with Crippen LogP contribution in [0.5, 0.6) is 0 Å². The van der Waals surface area contributed by atoms with E-state index in [-0.39, 0.29) is 5.95 Å². The molecule has 6 heteroatoms. The second kappa shape index (κ2) is 4.67. The normalized spacial score (nSPS) is 10.8. The van der Waals surface area contributed by atoms with Gasteiger partial charge in [-0.15, -0.1) is 5.11 Å². The van der Waals surface area contributed by atoms with Crippen molar-refractivity contribution in [2.45, 2.75) is 0 Å². The van der Waals surface area contributed by atoms with Crippen LogP contribution < -0.4 is 5.73 Å². The Kier molecular flexibility index (Phi) is 3.07. The first kappa shape index (κ1) is 10.5. The van der Waals surface area contributed by atoms with E-state index in [2.05, 4.69) is 20.2 Å². The Morgan fingerprint density at radius 3 is 2.12 bits per heavy atom. The maximum Gasteiger partial charge on any atom is 0.220 e. The van der Waals surface area contributed by atoms with Crippen molar-refractivity contribution in [2.75, 3.05) is 5.73 Å². The Morgan fingerprint density at radius 1 is 0.938 bits per heavy atom. The predicted molar refractivity (Wildman–Crippen MR) is 62.1 cm³/mol. The van der Waals surface area contributed by atoms with Crippen LogP contribution in [0.25, 0.3) is 0 Å². The van der Waals surface area contributed by atoms with E-state index in [4.69, 9.17) is 17.3 Å². The molecule has 0 bridgehead atoms. The average molecular weight is 234 g/mol. The van der Waals surface area contributed by atoms with Gasteiger partial charge in [0.05, 0.1) is 18.1 Å². The van der Waals surface area contributed by atoms with Gasteiger partial charge in [0.1, 0.15) is 5.69 Å². The molecular weight excluding hydrogens is 226 g/mol. The quantitative estimate of drug-likeness (QED) is 0.810. The fourth-order valence-corrected chi connectivity index (χ4v) is 1.13. The molecule has 2 rings (SSSR count). The zero-order valence-corrected chi connectivity index (χ0v) is 8.96. The molecule has 0 unspecified atom stereocenters. The van der Waals surface area contributed by atoms with Gasteiger partial charge in [-0.3, -0.25) is 0 Å². The minimum atomic E-state index is 0.213. The molecule has 0 spiro atoms. The first-order chi connectivity index (χ1) is 7.74. The fourth-order valence-electron chi connectivity index (χ4n) is 1.01. The number of halogens is 1. The summed E-state index contributed by atoms with van der Waals surface area (Å²) in [5.74, 6) is 0.213. The Hall–Kier alpha value is -2.01. The number of rotatable bonds is 2. The number of aromatic nitrogens is 2. The third kappa shape index (κ3) is 2.74. The fraction of sp³-hybridized carbons (Fsp3) is 0. The second-order valence-electron chi connectivity index (χ2n) is 2.98. The van der Waals surface area contributed by atoms with Gasteiger partial charge in [0.25, 0.3) is 0 Å². The van der Waals surface area contributed by atoms with E-state index in [0.29, 0.717) is 16.4 Å². The third-order valence-corrected chi connectivity index (χ3v) is 2.02. The highest BCUT2D eigenvalue weighted by Crippen LogP contribution is 2.19. The summed E-state index contributed by atoms with van der Waals surface area (Å²) in [6.07, 6.45) is 3.00. The molecule has 2 aromatic rings. The Morgan fingerprint density at radius 2 is 1.50 bits per heavy atom. The lowest BCUT2D eigenvalue weighted by atomic mass is 10.3. The van der Waals surface area contributed by atoms with Crippen LogP contribution in [0.2, 0.25) is 5.02 Å². The van der Waals surface area contributed by atoms with E-state index in [1.807, 2.05) is 0 Å². The highest BCUT2D eigenvalue weighted by Gasteiger charge is 1.92. The maximum atomic E-state index is 5.74. The number of nitrogens with two attached hydrogens (primary N) is 1. The first-order valence-electron chi connectivity index (χ1n) is 4.49. The largest absolute Gasteiger partial charge is 0.368 e. The Balaban J connectivity index is 2.15. The number of anilines is 1. The molecule has 1 heterocycles. The van der Waals surface area contributed by atoms with Crippen molar-refractivity contribution < 1.29 is 0 Å². The Labute approximate surface area is 97.0 Å². The van der Waals surface area contributed by atoms with Crippen molar-refractivity contribution >= 4 is 28.9 Å². The smallest absolute Gasteiger partial charge is 0.220 e. The molecule has 0 radical (unpaired) electrons. The monoisotopic (exact) mass is 233 g/mol. The van der Waals surface area contributed by atoms with E-state index in [0.717, 1.165) is 0 Å². The van der Waals surface area contributed by atoms with E-state index >= 15 is 0 Å². The van der Waals surface area contributed by atoms with Crippen molar-refractivity contribution in [3.05, 3.63) is 41.7 Å². The molecule has 16 heavy (non-hydrogen) atoms. The third-order valence-electron chi connectivity index (χ3n) is 1.77. The first-order valence-corrected chi connectivity index (χ1v) is 4.87. The van der Waals surface area contributed by atoms with Gasteiger partial charge in [-0.1, -0.05) is 11.6 Å². The number of nitrogens with zero attached hydrogens (tertiary/aromatic N) is 4. The molecule has 0 aliphatic carbocycles. The molecule has 0 amide bonds. The van der Waals surface area contributed by atoms with Crippen LogP contribution in [0, 0.1) is 0 Å². The minimum Gasteiger partial charge on any atom is -0.368 e. The molecule has 80 valence electrons. The number of hydrogen-bond donors (Lipinski definition) is 1. The van der Waals surface area contributed by atoms with Crippen LogP contribution in [0.3, 0.4) is 0 Å². The molecule has 0 atom stereocenters. The van der Waals surface area contributed by atoms with Crippen molar-refractivity contribution in [1.29, 1.82) is 0 Å². The summed E-state index contributed by atoms with van der Waals surface area (Å²) in [5, 5.41) is 8.60. The Bertz CT molecular complexity index is 444. The van der Waals surface area contributed by atoms with Gasteiger partial charge < -0.3 is 5.73 Å². The molecular formula is C10H8ClN5. The lowest BCUT2D eigenvalue weighted by Gasteiger charge is -1.93. The van der Waals surface area contributed by atoms with E-state index < -0.39 is 0 Å². The van der Waals surface area contributed by atoms with Gasteiger partial charge in [-0.2, -0.15) is 5.11 Å². The lowest BCUT2D eigenvalue weighted by molar-refractivity contribution is 1.13. The summed E-state index contributed by atoms with van der Waals surface area (Å²) in [6.45, 7) is 0. The topological polar surface area (TPSA) is 76.5 Å². The summed E-state index contributed by atoms with van der Waals surface area (Å²) < 4.78 is 0. The van der Waals surface area contributed by atoms with Crippen LogP contribution in [-0.2, 0) is 0 Å². The standard InChI is InChI=1S/C10H8ClN5/c11-7-1-3-8(4-2-7)15-16-9-5-13-10(12)14-6-9/h1-6H,(H2,12,13,14). The zero-order chi connectivity index (χ0) is 11.4. The van der Waals surface area contributed by atoms with Gasteiger partial charge >= 0.3 is 0 Å². The number of benzene rings is 1. The molecule has 1 aromatic carbocycles. The molecule has 0 saturated heterocycles. The molecule has 0 fully saturated rings. The van der Waals surface area contributed by atoms with Crippen LogP contribution in [0.15, 0.2) is 46.9 Å². The van der Waals surface area contributed by atoms with Crippen molar-refractivity contribution in [1.82, 2.24) is 9.97 Å². The summed E-state index contributed by atoms with van der Waals surface area (Å²) in [4.78, 5) is 7.59. The van der Waals surface area contributed by atoms with E-state index in [1.54, 1.807) is 24.3 Å². The number of hydrogen-bond acceptors (Lipinski definition) is 5. The molecule has 1 aromatic heterocycles. The SMILES string of the molecule is Nc1ncc(N=Nc2ccc(Cl)cc2)cn1. The van der Waals surface area contributed by atoms with E-state index in [1.165, 1.54) is 12.4 Å². The zero-order valence-electron chi connectivity index (χ0n) is 8.21. The van der Waals surface area contributed by atoms with Gasteiger partial charge in [0, 0.05) is 5.02 Å². The van der Waals surface area contributed by atoms with Crippen LogP contribution in [0.1, 0.15) is 0 Å². The van der Waals surface area contributed by atoms with Crippen LogP contribution >= 0.6 is 11.6 Å². The van der Waals surface area contributed by atoms with Gasteiger partial charge in [-0.25, -0.2) is 9.97 Å². The van der Waals surface area contributed by atoms with Crippen molar-refractivity contribution in [2.24, 2.45) is 10.2 Å². The van der Waals surface area contributed by atoms with Crippen molar-refractivity contribution in [3.8, 4) is 0 Å². The van der Waals surface area contributed by atoms with Gasteiger partial charge in [0.15, 0.2) is 0 Å². The average Bonchev–Trinajstić information content (AvgIpc) is 2.30. The lowest BCUT2D eigenvalue weighted by Crippen LogP contribution is -1.91. The van der Waals surface area contributed by atoms with E-state index in [9.17, 15) is 0 Å². The summed E-state index contributed by atoms with van der Waals surface area (Å²) in [6, 6.07) is 7.03. The highest BCUT2D eigenvalue weighted by molar-refractivity contribution is 6.30. The number of nitrogen functional groups attached to an aromatic ring is 1. The summed E-state index contributed by atoms with van der Waals surface area (Å²) in [5.41, 5.74) is 6.60. The molecule has 5 nitrogen and oxygen atoms in total. The minimum absolute atomic E-state index is 0.213. The molecule has 0 aliphatic heterocycles. The van der Waals surface area contributed by atoms with Crippen molar-refractivity contribution in [3.63, 3.8) is 0 Å². The highest BCUT2D eigenvalue weighted by atomic mass is 35.5. The maximum absolute atomic E-state index is 5.74. The predicted octanol–water partition coefficient (Wildman–Crippen LogP) is 3.13. The van der Waals surface area contributed by atoms with Gasteiger partial charge in [0.2, 0.25) is 5.95 Å². The molecule has 2 N–H and O–H groups in total. The van der Waals surface area contributed by atoms with Gasteiger partial charge in [-0.05, 0) is 24.3 Å². The summed E-state index contributed by atoms with van der Waals surface area (Å²) >= 11 is 5.74. The molecule has 0 aliphatic rings.